The van der Waals surface area contributed by atoms with Crippen LogP contribution in [0.3, 0.4) is 0 Å². The van der Waals surface area contributed by atoms with Gasteiger partial charge in [-0.3, -0.25) is 0 Å². The molecule has 1 unspecified atom stereocenters. The molecule has 4 nitrogen and oxygen atoms in total. The summed E-state index contributed by atoms with van der Waals surface area (Å²) in [6.07, 6.45) is 2.66. The van der Waals surface area contributed by atoms with E-state index in [1.54, 1.807) is 6.33 Å². The number of aromatic nitrogens is 2. The van der Waals surface area contributed by atoms with Gasteiger partial charge in [0.15, 0.2) is 0 Å². The summed E-state index contributed by atoms with van der Waals surface area (Å²) in [4.78, 5) is 8.51. The van der Waals surface area contributed by atoms with Gasteiger partial charge in [-0.2, -0.15) is 11.8 Å². The van der Waals surface area contributed by atoms with Crippen LogP contribution in [-0.2, 0) is 0 Å². The molecule has 1 heterocycles. The van der Waals surface area contributed by atoms with E-state index in [-0.39, 0.29) is 0 Å². The molecule has 1 atom stereocenters. The first-order valence-corrected chi connectivity index (χ1v) is 8.22. The molecule has 0 amide bonds. The minimum absolute atomic E-state index is 0.389. The minimum atomic E-state index is 0.389. The van der Waals surface area contributed by atoms with Crippen molar-refractivity contribution >= 4 is 39.3 Å². The van der Waals surface area contributed by atoms with Crippen LogP contribution in [0, 0.1) is 0 Å². The molecule has 18 heavy (non-hydrogen) atoms. The highest BCUT2D eigenvalue weighted by Crippen LogP contribution is 2.27. The van der Waals surface area contributed by atoms with Gasteiger partial charge >= 0.3 is 0 Å². The van der Waals surface area contributed by atoms with Crippen LogP contribution in [0.2, 0.25) is 0 Å². The van der Waals surface area contributed by atoms with Crippen LogP contribution in [0.1, 0.15) is 27.2 Å². The average Bonchev–Trinajstić information content (AvgIpc) is 2.37. The summed E-state index contributed by atoms with van der Waals surface area (Å²) in [7, 11) is 0. The molecule has 0 aromatic carbocycles. The van der Waals surface area contributed by atoms with Crippen molar-refractivity contribution in [3.63, 3.8) is 0 Å². The fourth-order valence-corrected chi connectivity index (χ4v) is 2.54. The van der Waals surface area contributed by atoms with Crippen LogP contribution in [0.5, 0.6) is 0 Å². The van der Waals surface area contributed by atoms with Gasteiger partial charge in [-0.25, -0.2) is 9.97 Å². The van der Waals surface area contributed by atoms with E-state index in [2.05, 4.69) is 57.3 Å². The van der Waals surface area contributed by atoms with E-state index in [1.165, 1.54) is 0 Å². The predicted molar refractivity (Wildman–Crippen MR) is 84.6 cm³/mol. The third-order valence-electron chi connectivity index (χ3n) is 2.29. The highest BCUT2D eigenvalue weighted by atomic mass is 79.9. The lowest BCUT2D eigenvalue weighted by Gasteiger charge is -2.16. The van der Waals surface area contributed by atoms with Crippen molar-refractivity contribution in [2.24, 2.45) is 0 Å². The summed E-state index contributed by atoms with van der Waals surface area (Å²) in [5.74, 6) is 3.92. The van der Waals surface area contributed by atoms with Crippen molar-refractivity contribution < 1.29 is 0 Å². The van der Waals surface area contributed by atoms with E-state index in [0.717, 1.165) is 40.6 Å². The quantitative estimate of drug-likeness (QED) is 0.761. The van der Waals surface area contributed by atoms with Crippen LogP contribution in [-0.4, -0.2) is 34.1 Å². The Bertz CT molecular complexity index is 362. The molecule has 0 spiro atoms. The molecule has 0 aliphatic heterocycles. The molecule has 0 saturated heterocycles. The Kier molecular flexibility index (Phi) is 7.42. The second kappa shape index (κ2) is 8.58. The van der Waals surface area contributed by atoms with Gasteiger partial charge in [-0.05, 0) is 35.0 Å². The van der Waals surface area contributed by atoms with E-state index in [9.17, 15) is 0 Å². The van der Waals surface area contributed by atoms with Crippen molar-refractivity contribution in [1.82, 2.24) is 9.97 Å². The molecule has 0 aliphatic rings. The standard InChI is InChI=1S/C12H21BrN4S/c1-4-6-14-11-10(13)12(16-8-15-11)17-9(3)7-18-5-2/h8-9H,4-7H2,1-3H3,(H2,14,15,16,17). The molecule has 0 bridgehead atoms. The van der Waals surface area contributed by atoms with Crippen molar-refractivity contribution in [2.45, 2.75) is 33.2 Å². The monoisotopic (exact) mass is 332 g/mol. The second-order valence-corrected chi connectivity index (χ2v) is 6.13. The Morgan fingerprint density at radius 2 is 2.06 bits per heavy atom. The van der Waals surface area contributed by atoms with Crippen molar-refractivity contribution in [1.29, 1.82) is 0 Å². The van der Waals surface area contributed by atoms with E-state index >= 15 is 0 Å². The summed E-state index contributed by atoms with van der Waals surface area (Å²) < 4.78 is 0.909. The van der Waals surface area contributed by atoms with Crippen LogP contribution in [0.25, 0.3) is 0 Å². The van der Waals surface area contributed by atoms with Crippen LogP contribution < -0.4 is 10.6 Å². The summed E-state index contributed by atoms with van der Waals surface area (Å²) >= 11 is 5.47. The number of nitrogens with one attached hydrogen (secondary N) is 2. The first kappa shape index (κ1) is 15.6. The van der Waals surface area contributed by atoms with E-state index in [4.69, 9.17) is 0 Å². The summed E-state index contributed by atoms with van der Waals surface area (Å²) in [5.41, 5.74) is 0. The summed E-state index contributed by atoms with van der Waals surface area (Å²) in [6.45, 7) is 7.38. The minimum Gasteiger partial charge on any atom is -0.369 e. The molecule has 6 heteroatoms. The first-order valence-electron chi connectivity index (χ1n) is 6.27. The summed E-state index contributed by atoms with van der Waals surface area (Å²) in [6, 6.07) is 0.389. The molecule has 0 radical (unpaired) electrons. The number of halogens is 1. The topological polar surface area (TPSA) is 49.8 Å². The SMILES string of the molecule is CCCNc1ncnc(NC(C)CSCC)c1Br. The zero-order valence-corrected chi connectivity index (χ0v) is 13.6. The molecule has 0 saturated carbocycles. The maximum Gasteiger partial charge on any atom is 0.146 e. The molecule has 0 aliphatic carbocycles. The van der Waals surface area contributed by atoms with E-state index in [0.29, 0.717) is 6.04 Å². The Morgan fingerprint density at radius 1 is 1.33 bits per heavy atom. The Morgan fingerprint density at radius 3 is 2.72 bits per heavy atom. The third kappa shape index (κ3) is 5.02. The second-order valence-electron chi connectivity index (χ2n) is 4.02. The molecule has 2 N–H and O–H groups in total. The maximum atomic E-state index is 4.28. The zero-order valence-electron chi connectivity index (χ0n) is 11.2. The fourth-order valence-electron chi connectivity index (χ4n) is 1.41. The third-order valence-corrected chi connectivity index (χ3v) is 4.18. The fraction of sp³-hybridized carbons (Fsp3) is 0.667. The molecular weight excluding hydrogens is 312 g/mol. The van der Waals surface area contributed by atoms with Crippen LogP contribution in [0.15, 0.2) is 10.8 Å². The van der Waals surface area contributed by atoms with Crippen molar-refractivity contribution in [2.75, 3.05) is 28.7 Å². The van der Waals surface area contributed by atoms with Gasteiger partial charge in [0.05, 0.1) is 0 Å². The van der Waals surface area contributed by atoms with Gasteiger partial charge in [0.1, 0.15) is 22.4 Å². The molecule has 1 aromatic rings. The molecular formula is C12H21BrN4S. The van der Waals surface area contributed by atoms with Gasteiger partial charge in [-0.15, -0.1) is 0 Å². The number of rotatable bonds is 8. The highest BCUT2D eigenvalue weighted by molar-refractivity contribution is 9.10. The molecule has 0 fully saturated rings. The van der Waals surface area contributed by atoms with Gasteiger partial charge in [0, 0.05) is 18.3 Å². The maximum absolute atomic E-state index is 4.28. The van der Waals surface area contributed by atoms with Gasteiger partial charge in [0.25, 0.3) is 0 Å². The first-order chi connectivity index (χ1) is 8.69. The van der Waals surface area contributed by atoms with Gasteiger partial charge in [0.2, 0.25) is 0 Å². The number of thioether (sulfide) groups is 1. The van der Waals surface area contributed by atoms with Crippen LogP contribution in [0.4, 0.5) is 11.6 Å². The number of nitrogens with zero attached hydrogens (tertiary/aromatic N) is 2. The smallest absolute Gasteiger partial charge is 0.146 e. The van der Waals surface area contributed by atoms with Gasteiger partial charge < -0.3 is 10.6 Å². The molecule has 1 aromatic heterocycles. The van der Waals surface area contributed by atoms with E-state index in [1.807, 2.05) is 11.8 Å². The zero-order chi connectivity index (χ0) is 13.4. The lowest BCUT2D eigenvalue weighted by atomic mass is 10.4. The van der Waals surface area contributed by atoms with E-state index < -0.39 is 0 Å². The Hall–Kier alpha value is -0.490. The largest absolute Gasteiger partial charge is 0.369 e. The van der Waals surface area contributed by atoms with Crippen molar-refractivity contribution in [3.8, 4) is 0 Å². The molecule has 1 rings (SSSR count). The molecule has 102 valence electrons. The van der Waals surface area contributed by atoms with Crippen LogP contribution >= 0.6 is 27.7 Å². The van der Waals surface area contributed by atoms with Crippen molar-refractivity contribution in [3.05, 3.63) is 10.8 Å². The predicted octanol–water partition coefficient (Wildman–Crippen LogP) is 3.61. The summed E-state index contributed by atoms with van der Waals surface area (Å²) in [5, 5.41) is 6.68. The number of hydrogen-bond donors (Lipinski definition) is 2. The Labute approximate surface area is 122 Å². The number of anilines is 2. The Balaban J connectivity index is 2.64. The van der Waals surface area contributed by atoms with Gasteiger partial charge in [-0.1, -0.05) is 13.8 Å². The average molecular weight is 333 g/mol. The lowest BCUT2D eigenvalue weighted by Crippen LogP contribution is -2.19. The normalized spacial score (nSPS) is 12.2. The lowest BCUT2D eigenvalue weighted by molar-refractivity contribution is 0.894. The highest BCUT2D eigenvalue weighted by Gasteiger charge is 2.10. The number of hydrogen-bond acceptors (Lipinski definition) is 5.